The van der Waals surface area contributed by atoms with Crippen molar-refractivity contribution in [2.24, 2.45) is 0 Å². The van der Waals surface area contributed by atoms with E-state index in [2.05, 4.69) is 9.97 Å². The van der Waals surface area contributed by atoms with E-state index in [0.717, 1.165) is 28.2 Å². The molecule has 0 bridgehead atoms. The second-order valence-electron chi connectivity index (χ2n) is 3.65. The minimum Gasteiger partial charge on any atom is -0.496 e. The first-order valence-corrected chi connectivity index (χ1v) is 5.24. The fourth-order valence-electron chi connectivity index (χ4n) is 1.71. The van der Waals surface area contributed by atoms with E-state index in [0.29, 0.717) is 0 Å². The molecular formula is C13H14N2O2. The monoisotopic (exact) mass is 230 g/mol. The lowest BCUT2D eigenvalue weighted by Crippen LogP contribution is -1.94. The molecule has 0 saturated carbocycles. The number of ether oxygens (including phenoxy) is 2. The van der Waals surface area contributed by atoms with Crippen LogP contribution in [0.15, 0.2) is 30.9 Å². The molecule has 0 spiro atoms. The Morgan fingerprint density at radius 2 is 1.59 bits per heavy atom. The van der Waals surface area contributed by atoms with Crippen LogP contribution in [0, 0.1) is 6.92 Å². The molecule has 0 amide bonds. The SMILES string of the molecule is COc1cc(-c2cncnc2)c(OC)cc1C. The highest BCUT2D eigenvalue weighted by atomic mass is 16.5. The molecule has 2 aromatic rings. The van der Waals surface area contributed by atoms with Crippen molar-refractivity contribution in [3.63, 3.8) is 0 Å². The summed E-state index contributed by atoms with van der Waals surface area (Å²) in [6.07, 6.45) is 5.00. The van der Waals surface area contributed by atoms with Crippen molar-refractivity contribution in [2.75, 3.05) is 14.2 Å². The molecule has 1 heterocycles. The summed E-state index contributed by atoms with van der Waals surface area (Å²) in [6.45, 7) is 1.98. The third-order valence-corrected chi connectivity index (χ3v) is 2.59. The molecular weight excluding hydrogens is 216 g/mol. The van der Waals surface area contributed by atoms with E-state index >= 15 is 0 Å². The lowest BCUT2D eigenvalue weighted by Gasteiger charge is -2.12. The van der Waals surface area contributed by atoms with Gasteiger partial charge in [-0.1, -0.05) is 0 Å². The first-order valence-electron chi connectivity index (χ1n) is 5.24. The van der Waals surface area contributed by atoms with E-state index in [1.165, 1.54) is 6.33 Å². The highest BCUT2D eigenvalue weighted by Gasteiger charge is 2.10. The minimum atomic E-state index is 0.790. The van der Waals surface area contributed by atoms with E-state index in [4.69, 9.17) is 9.47 Å². The van der Waals surface area contributed by atoms with Gasteiger partial charge in [0.05, 0.1) is 14.2 Å². The summed E-state index contributed by atoms with van der Waals surface area (Å²) < 4.78 is 10.7. The summed E-state index contributed by atoms with van der Waals surface area (Å²) in [4.78, 5) is 8.01. The smallest absolute Gasteiger partial charge is 0.127 e. The van der Waals surface area contributed by atoms with Crippen molar-refractivity contribution < 1.29 is 9.47 Å². The number of hydrogen-bond donors (Lipinski definition) is 0. The van der Waals surface area contributed by atoms with Crippen molar-refractivity contribution in [2.45, 2.75) is 6.92 Å². The van der Waals surface area contributed by atoms with Gasteiger partial charge in [0.25, 0.3) is 0 Å². The van der Waals surface area contributed by atoms with Gasteiger partial charge in [0.15, 0.2) is 0 Å². The van der Waals surface area contributed by atoms with Crippen LogP contribution in [-0.4, -0.2) is 24.2 Å². The van der Waals surface area contributed by atoms with Crippen molar-refractivity contribution in [3.8, 4) is 22.6 Å². The molecule has 0 unspecified atom stereocenters. The predicted molar refractivity (Wildman–Crippen MR) is 65.3 cm³/mol. The number of aromatic nitrogens is 2. The Labute approximate surface area is 100 Å². The Bertz CT molecular complexity index is 512. The number of benzene rings is 1. The molecule has 0 radical (unpaired) electrons. The average molecular weight is 230 g/mol. The molecule has 1 aromatic heterocycles. The molecule has 0 N–H and O–H groups in total. The standard InChI is InChI=1S/C13H14N2O2/c1-9-4-13(17-3)11(5-12(9)16-2)10-6-14-8-15-7-10/h4-8H,1-3H3. The van der Waals surface area contributed by atoms with E-state index in [1.54, 1.807) is 26.6 Å². The topological polar surface area (TPSA) is 44.2 Å². The number of nitrogens with zero attached hydrogens (tertiary/aromatic N) is 2. The lowest BCUT2D eigenvalue weighted by molar-refractivity contribution is 0.402. The van der Waals surface area contributed by atoms with Gasteiger partial charge in [-0.3, -0.25) is 0 Å². The van der Waals surface area contributed by atoms with E-state index in [-0.39, 0.29) is 0 Å². The van der Waals surface area contributed by atoms with Crippen molar-refractivity contribution >= 4 is 0 Å². The van der Waals surface area contributed by atoms with Gasteiger partial charge in [-0.25, -0.2) is 9.97 Å². The molecule has 0 saturated heterocycles. The fraction of sp³-hybridized carbons (Fsp3) is 0.231. The molecule has 0 fully saturated rings. The molecule has 1 aromatic carbocycles. The maximum Gasteiger partial charge on any atom is 0.127 e. The van der Waals surface area contributed by atoms with Crippen LogP contribution in [-0.2, 0) is 0 Å². The van der Waals surface area contributed by atoms with Gasteiger partial charge in [0, 0.05) is 23.5 Å². The number of methoxy groups -OCH3 is 2. The molecule has 0 aliphatic carbocycles. The maximum atomic E-state index is 5.37. The molecule has 88 valence electrons. The summed E-state index contributed by atoms with van der Waals surface area (Å²) in [6, 6.07) is 3.88. The molecule has 0 aliphatic rings. The van der Waals surface area contributed by atoms with Crippen LogP contribution < -0.4 is 9.47 Å². The number of hydrogen-bond acceptors (Lipinski definition) is 4. The summed E-state index contributed by atoms with van der Waals surface area (Å²) >= 11 is 0. The zero-order valence-electron chi connectivity index (χ0n) is 10.1. The van der Waals surface area contributed by atoms with Gasteiger partial charge < -0.3 is 9.47 Å². The van der Waals surface area contributed by atoms with E-state index < -0.39 is 0 Å². The van der Waals surface area contributed by atoms with Gasteiger partial charge in [0.1, 0.15) is 17.8 Å². The quantitative estimate of drug-likeness (QED) is 0.812. The Kier molecular flexibility index (Phi) is 3.23. The number of aryl methyl sites for hydroxylation is 1. The zero-order valence-corrected chi connectivity index (χ0v) is 10.1. The summed E-state index contributed by atoms with van der Waals surface area (Å²) in [5.41, 5.74) is 2.86. The van der Waals surface area contributed by atoms with E-state index in [1.807, 2.05) is 19.1 Å². The van der Waals surface area contributed by atoms with Crippen LogP contribution in [0.3, 0.4) is 0 Å². The second-order valence-corrected chi connectivity index (χ2v) is 3.65. The second kappa shape index (κ2) is 4.82. The van der Waals surface area contributed by atoms with Gasteiger partial charge in [0.2, 0.25) is 0 Å². The Hall–Kier alpha value is -2.10. The molecule has 4 nitrogen and oxygen atoms in total. The van der Waals surface area contributed by atoms with Crippen LogP contribution in [0.1, 0.15) is 5.56 Å². The largest absolute Gasteiger partial charge is 0.496 e. The average Bonchev–Trinajstić information content (AvgIpc) is 2.39. The van der Waals surface area contributed by atoms with Crippen LogP contribution >= 0.6 is 0 Å². The van der Waals surface area contributed by atoms with Crippen molar-refractivity contribution in [3.05, 3.63) is 36.4 Å². The first kappa shape index (κ1) is 11.4. The predicted octanol–water partition coefficient (Wildman–Crippen LogP) is 2.47. The Morgan fingerprint density at radius 1 is 0.941 bits per heavy atom. The Balaban J connectivity index is 2.59. The highest BCUT2D eigenvalue weighted by molar-refractivity contribution is 5.71. The van der Waals surface area contributed by atoms with Crippen LogP contribution in [0.5, 0.6) is 11.5 Å². The summed E-state index contributed by atoms with van der Waals surface area (Å²) in [5.74, 6) is 1.61. The van der Waals surface area contributed by atoms with Gasteiger partial charge >= 0.3 is 0 Å². The van der Waals surface area contributed by atoms with Crippen LogP contribution in [0.2, 0.25) is 0 Å². The number of rotatable bonds is 3. The third-order valence-electron chi connectivity index (χ3n) is 2.59. The van der Waals surface area contributed by atoms with Crippen molar-refractivity contribution in [1.82, 2.24) is 9.97 Å². The van der Waals surface area contributed by atoms with E-state index in [9.17, 15) is 0 Å². The fourth-order valence-corrected chi connectivity index (χ4v) is 1.71. The Morgan fingerprint density at radius 3 is 2.18 bits per heavy atom. The lowest BCUT2D eigenvalue weighted by atomic mass is 10.0. The summed E-state index contributed by atoms with van der Waals surface area (Å²) in [7, 11) is 3.30. The maximum absolute atomic E-state index is 5.37. The summed E-state index contributed by atoms with van der Waals surface area (Å²) in [5, 5.41) is 0. The minimum absolute atomic E-state index is 0.790. The molecule has 4 heteroatoms. The highest BCUT2D eigenvalue weighted by Crippen LogP contribution is 2.35. The van der Waals surface area contributed by atoms with Crippen molar-refractivity contribution in [1.29, 1.82) is 0 Å². The van der Waals surface area contributed by atoms with Gasteiger partial charge in [-0.2, -0.15) is 0 Å². The first-order chi connectivity index (χ1) is 8.26. The third kappa shape index (κ3) is 2.20. The molecule has 2 rings (SSSR count). The normalized spacial score (nSPS) is 10.1. The molecule has 0 aliphatic heterocycles. The van der Waals surface area contributed by atoms with Gasteiger partial charge in [-0.05, 0) is 24.6 Å². The molecule has 17 heavy (non-hydrogen) atoms. The van der Waals surface area contributed by atoms with Crippen LogP contribution in [0.4, 0.5) is 0 Å². The van der Waals surface area contributed by atoms with Gasteiger partial charge in [-0.15, -0.1) is 0 Å². The molecule has 0 atom stereocenters. The van der Waals surface area contributed by atoms with Crippen LogP contribution in [0.25, 0.3) is 11.1 Å². The zero-order chi connectivity index (χ0) is 12.3.